The van der Waals surface area contributed by atoms with Crippen molar-refractivity contribution in [2.45, 2.75) is 53.1 Å². The highest BCUT2D eigenvalue weighted by molar-refractivity contribution is 7.17. The molecule has 6 nitrogen and oxygen atoms in total. The van der Waals surface area contributed by atoms with Crippen molar-refractivity contribution in [1.29, 1.82) is 0 Å². The predicted molar refractivity (Wildman–Crippen MR) is 150 cm³/mol. The van der Waals surface area contributed by atoms with Gasteiger partial charge in [0.2, 0.25) is 0 Å². The van der Waals surface area contributed by atoms with Crippen molar-refractivity contribution >= 4 is 45.4 Å². The Balaban J connectivity index is 1.60. The quantitative estimate of drug-likeness (QED) is 0.331. The van der Waals surface area contributed by atoms with Crippen molar-refractivity contribution in [3.8, 4) is 11.5 Å². The standard InChI is InChI=1S/C29H33ClN2O4S/c1-17(36-22-8-6-7-19(30)16-22)26(33)32-28-25(27(34)31-20-10-12-21(35-5)13-11-20)23-14-9-18(29(2,3)4)15-24(23)37-28/h6-8,10-13,16-18H,9,14-15H2,1-5H3,(H,31,34)(H,32,33). The van der Waals surface area contributed by atoms with Crippen LogP contribution < -0.4 is 20.1 Å². The molecule has 2 unspecified atom stereocenters. The van der Waals surface area contributed by atoms with Crippen LogP contribution in [0.15, 0.2) is 48.5 Å². The van der Waals surface area contributed by atoms with Crippen LogP contribution in [-0.4, -0.2) is 25.0 Å². The molecule has 0 saturated heterocycles. The van der Waals surface area contributed by atoms with Gasteiger partial charge in [0, 0.05) is 15.6 Å². The molecule has 1 aromatic heterocycles. The van der Waals surface area contributed by atoms with Crippen LogP contribution in [0, 0.1) is 11.3 Å². The maximum absolute atomic E-state index is 13.5. The molecule has 2 aromatic carbocycles. The van der Waals surface area contributed by atoms with E-state index in [0.717, 1.165) is 29.7 Å². The molecule has 2 atom stereocenters. The minimum atomic E-state index is -0.780. The molecular formula is C29H33ClN2O4S. The molecule has 0 saturated carbocycles. The lowest BCUT2D eigenvalue weighted by Gasteiger charge is -2.33. The fourth-order valence-electron chi connectivity index (χ4n) is 4.53. The average molecular weight is 541 g/mol. The van der Waals surface area contributed by atoms with E-state index in [-0.39, 0.29) is 17.2 Å². The molecule has 8 heteroatoms. The Hall–Kier alpha value is -3.03. The molecule has 37 heavy (non-hydrogen) atoms. The lowest BCUT2D eigenvalue weighted by molar-refractivity contribution is -0.122. The second-order valence-corrected chi connectivity index (χ2v) is 11.9. The number of hydrogen-bond acceptors (Lipinski definition) is 5. The van der Waals surface area contributed by atoms with Crippen molar-refractivity contribution in [3.63, 3.8) is 0 Å². The van der Waals surface area contributed by atoms with Crippen molar-refractivity contribution in [1.82, 2.24) is 0 Å². The lowest BCUT2D eigenvalue weighted by atomic mass is 9.72. The summed E-state index contributed by atoms with van der Waals surface area (Å²) in [6, 6.07) is 14.1. The SMILES string of the molecule is COc1ccc(NC(=O)c2c(NC(=O)C(C)Oc3cccc(Cl)c3)sc3c2CCC(C(C)(C)C)C3)cc1. The van der Waals surface area contributed by atoms with Gasteiger partial charge in [-0.2, -0.15) is 0 Å². The fourth-order valence-corrected chi connectivity index (χ4v) is 6.04. The van der Waals surface area contributed by atoms with E-state index in [0.29, 0.717) is 38.7 Å². The Bertz CT molecular complexity index is 1280. The molecule has 2 amide bonds. The third-order valence-electron chi connectivity index (χ3n) is 6.78. The molecule has 1 aliphatic rings. The molecule has 1 heterocycles. The Morgan fingerprint density at radius 1 is 1.08 bits per heavy atom. The van der Waals surface area contributed by atoms with E-state index in [9.17, 15) is 9.59 Å². The number of rotatable bonds is 7. The second-order valence-electron chi connectivity index (χ2n) is 10.4. The van der Waals surface area contributed by atoms with Gasteiger partial charge in [-0.15, -0.1) is 11.3 Å². The van der Waals surface area contributed by atoms with E-state index in [4.69, 9.17) is 21.1 Å². The molecule has 3 aromatic rings. The van der Waals surface area contributed by atoms with Gasteiger partial charge in [-0.3, -0.25) is 9.59 Å². The fraction of sp³-hybridized carbons (Fsp3) is 0.379. The Morgan fingerprint density at radius 3 is 2.46 bits per heavy atom. The third-order valence-corrected chi connectivity index (χ3v) is 8.18. The predicted octanol–water partition coefficient (Wildman–Crippen LogP) is 7.22. The van der Waals surface area contributed by atoms with E-state index < -0.39 is 6.10 Å². The van der Waals surface area contributed by atoms with Crippen LogP contribution in [0.1, 0.15) is 54.9 Å². The summed E-state index contributed by atoms with van der Waals surface area (Å²) in [5, 5.41) is 7.06. The third kappa shape index (κ3) is 6.46. The summed E-state index contributed by atoms with van der Waals surface area (Å²) in [5.74, 6) is 1.15. The molecule has 2 N–H and O–H groups in total. The topological polar surface area (TPSA) is 76.7 Å². The first-order chi connectivity index (χ1) is 17.5. The van der Waals surface area contributed by atoms with Gasteiger partial charge < -0.3 is 20.1 Å². The summed E-state index contributed by atoms with van der Waals surface area (Å²) in [5.41, 5.74) is 2.38. The minimum absolute atomic E-state index is 0.163. The van der Waals surface area contributed by atoms with Gasteiger partial charge in [0.15, 0.2) is 6.10 Å². The maximum atomic E-state index is 13.5. The molecular weight excluding hydrogens is 508 g/mol. The number of amides is 2. The summed E-state index contributed by atoms with van der Waals surface area (Å²) in [6.07, 6.45) is 1.90. The zero-order valence-electron chi connectivity index (χ0n) is 21.8. The number of hydrogen-bond donors (Lipinski definition) is 2. The van der Waals surface area contributed by atoms with Crippen LogP contribution in [0.2, 0.25) is 5.02 Å². The van der Waals surface area contributed by atoms with Crippen molar-refractivity contribution in [2.75, 3.05) is 17.7 Å². The number of thiophene rings is 1. The Kier molecular flexibility index (Phi) is 8.14. The molecule has 1 aliphatic carbocycles. The lowest BCUT2D eigenvalue weighted by Crippen LogP contribution is -2.30. The van der Waals surface area contributed by atoms with Gasteiger partial charge in [-0.1, -0.05) is 38.4 Å². The van der Waals surface area contributed by atoms with Crippen LogP contribution in [0.3, 0.4) is 0 Å². The van der Waals surface area contributed by atoms with E-state index in [1.54, 1.807) is 62.6 Å². The summed E-state index contributed by atoms with van der Waals surface area (Å²) in [4.78, 5) is 27.8. The van der Waals surface area contributed by atoms with Gasteiger partial charge in [0.05, 0.1) is 12.7 Å². The number of benzene rings is 2. The number of nitrogens with one attached hydrogen (secondary N) is 2. The number of carbonyl (C=O) groups is 2. The summed E-state index contributed by atoms with van der Waals surface area (Å²) in [6.45, 7) is 8.44. The van der Waals surface area contributed by atoms with Gasteiger partial charge in [-0.25, -0.2) is 0 Å². The number of carbonyl (C=O) groups excluding carboxylic acids is 2. The first kappa shape index (κ1) is 27.0. The molecule has 0 bridgehead atoms. The average Bonchev–Trinajstić information content (AvgIpc) is 3.21. The van der Waals surface area contributed by atoms with E-state index in [1.165, 1.54) is 11.3 Å². The number of halogens is 1. The second kappa shape index (κ2) is 11.2. The molecule has 4 rings (SSSR count). The molecule has 0 spiro atoms. The first-order valence-corrected chi connectivity index (χ1v) is 13.6. The summed E-state index contributed by atoms with van der Waals surface area (Å²) in [7, 11) is 1.60. The van der Waals surface area contributed by atoms with E-state index in [1.807, 2.05) is 0 Å². The maximum Gasteiger partial charge on any atom is 0.265 e. The van der Waals surface area contributed by atoms with Gasteiger partial charge in [0.1, 0.15) is 16.5 Å². The largest absolute Gasteiger partial charge is 0.497 e. The van der Waals surface area contributed by atoms with Crippen LogP contribution in [0.25, 0.3) is 0 Å². The zero-order valence-corrected chi connectivity index (χ0v) is 23.4. The first-order valence-electron chi connectivity index (χ1n) is 12.4. The summed E-state index contributed by atoms with van der Waals surface area (Å²) < 4.78 is 11.0. The zero-order chi connectivity index (χ0) is 26.7. The van der Waals surface area contributed by atoms with Crippen LogP contribution >= 0.6 is 22.9 Å². The van der Waals surface area contributed by atoms with E-state index in [2.05, 4.69) is 31.4 Å². The number of methoxy groups -OCH3 is 1. The van der Waals surface area contributed by atoms with Gasteiger partial charge >= 0.3 is 0 Å². The Labute approximate surface area is 227 Å². The van der Waals surface area contributed by atoms with Crippen molar-refractivity contribution in [3.05, 3.63) is 69.6 Å². The van der Waals surface area contributed by atoms with Gasteiger partial charge in [0.25, 0.3) is 11.8 Å². The Morgan fingerprint density at radius 2 is 1.81 bits per heavy atom. The normalized spacial score (nSPS) is 15.9. The van der Waals surface area contributed by atoms with Gasteiger partial charge in [-0.05, 0) is 85.5 Å². The van der Waals surface area contributed by atoms with Crippen molar-refractivity contribution in [2.24, 2.45) is 11.3 Å². The molecule has 0 radical (unpaired) electrons. The highest BCUT2D eigenvalue weighted by Gasteiger charge is 2.34. The van der Waals surface area contributed by atoms with Crippen molar-refractivity contribution < 1.29 is 19.1 Å². The van der Waals surface area contributed by atoms with E-state index >= 15 is 0 Å². The summed E-state index contributed by atoms with van der Waals surface area (Å²) >= 11 is 7.54. The number of anilines is 2. The smallest absolute Gasteiger partial charge is 0.265 e. The van der Waals surface area contributed by atoms with Crippen LogP contribution in [0.4, 0.5) is 10.7 Å². The number of fused-ring (bicyclic) bond motifs is 1. The highest BCUT2D eigenvalue weighted by Crippen LogP contribution is 2.44. The van der Waals surface area contributed by atoms with Crippen LogP contribution in [0.5, 0.6) is 11.5 Å². The minimum Gasteiger partial charge on any atom is -0.497 e. The molecule has 0 fully saturated rings. The monoisotopic (exact) mass is 540 g/mol. The highest BCUT2D eigenvalue weighted by atomic mass is 35.5. The number of ether oxygens (including phenoxy) is 2. The molecule has 0 aliphatic heterocycles. The molecule has 196 valence electrons. The van der Waals surface area contributed by atoms with Crippen LogP contribution in [-0.2, 0) is 17.6 Å².